The number of rotatable bonds is 4. The molecule has 0 fully saturated rings. The van der Waals surface area contributed by atoms with Crippen LogP contribution in [0.15, 0.2) is 109 Å². The maximum atomic E-state index is 15.3. The molecule has 0 aliphatic heterocycles. The molecule has 0 atom stereocenters. The lowest BCUT2D eigenvalue weighted by molar-refractivity contribution is 0.629. The lowest BCUT2D eigenvalue weighted by Gasteiger charge is -2.23. The molecule has 2 heterocycles. The summed E-state index contributed by atoms with van der Waals surface area (Å²) in [5.41, 5.74) is 9.22. The van der Waals surface area contributed by atoms with Crippen LogP contribution in [-0.4, -0.2) is 19.5 Å². The van der Waals surface area contributed by atoms with Crippen molar-refractivity contribution in [3.8, 4) is 39.9 Å². The third kappa shape index (κ3) is 3.71. The summed E-state index contributed by atoms with van der Waals surface area (Å²) in [6, 6.07) is 36.3. The first-order chi connectivity index (χ1) is 21.0. The number of nitrogens with zero attached hydrogens (tertiary/aromatic N) is 4. The van der Waals surface area contributed by atoms with Crippen molar-refractivity contribution >= 4 is 21.8 Å². The second-order valence-corrected chi connectivity index (χ2v) is 11.7. The molecule has 208 valence electrons. The van der Waals surface area contributed by atoms with Crippen LogP contribution in [0.1, 0.15) is 37.5 Å². The van der Waals surface area contributed by atoms with Gasteiger partial charge in [0.2, 0.25) is 5.95 Å². The first-order valence-corrected chi connectivity index (χ1v) is 14.7. The minimum Gasteiger partial charge on any atom is -0.277 e. The smallest absolute Gasteiger partial charge is 0.238 e. The number of fused-ring (bicyclic) bond motifs is 7. The standard InChI is InChI=1S/C38H29FN4/c1-4-23-13-5-6-14-24(23)35-40-36(29-17-8-11-19-31(29)39)42-37(41-35)43-32-20-12-9-16-26(32)28-22-21-27-25-15-7-10-18-30(25)38(2,3)33(27)34(28)43/h5-22H,4H2,1-3H3. The lowest BCUT2D eigenvalue weighted by atomic mass is 9.81. The van der Waals surface area contributed by atoms with Crippen LogP contribution in [-0.2, 0) is 11.8 Å². The Kier molecular flexibility index (Phi) is 5.60. The van der Waals surface area contributed by atoms with Gasteiger partial charge in [0.15, 0.2) is 11.6 Å². The Morgan fingerprint density at radius 1 is 0.628 bits per heavy atom. The van der Waals surface area contributed by atoms with Crippen LogP contribution in [0.25, 0.3) is 61.7 Å². The van der Waals surface area contributed by atoms with E-state index in [1.807, 2.05) is 30.3 Å². The zero-order chi connectivity index (χ0) is 29.3. The molecular formula is C38H29FN4. The molecule has 1 aliphatic rings. The molecule has 0 radical (unpaired) electrons. The van der Waals surface area contributed by atoms with Crippen LogP contribution in [0.4, 0.5) is 4.39 Å². The molecule has 0 unspecified atom stereocenters. The largest absolute Gasteiger partial charge is 0.277 e. The van der Waals surface area contributed by atoms with E-state index in [-0.39, 0.29) is 11.2 Å². The number of halogens is 1. The van der Waals surface area contributed by atoms with Crippen molar-refractivity contribution < 1.29 is 4.39 Å². The molecule has 0 saturated carbocycles. The quantitative estimate of drug-likeness (QED) is 0.215. The molecule has 4 nitrogen and oxygen atoms in total. The van der Waals surface area contributed by atoms with Crippen LogP contribution in [0, 0.1) is 5.82 Å². The third-order valence-corrected chi connectivity index (χ3v) is 8.93. The van der Waals surface area contributed by atoms with Gasteiger partial charge in [-0.15, -0.1) is 0 Å². The van der Waals surface area contributed by atoms with E-state index in [0.717, 1.165) is 39.4 Å². The third-order valence-electron chi connectivity index (χ3n) is 8.93. The van der Waals surface area contributed by atoms with E-state index >= 15 is 4.39 Å². The van der Waals surface area contributed by atoms with Gasteiger partial charge in [0, 0.05) is 21.8 Å². The summed E-state index contributed by atoms with van der Waals surface area (Å²) in [6.45, 7) is 6.70. The number of benzene rings is 5. The van der Waals surface area contributed by atoms with Crippen molar-refractivity contribution in [1.82, 2.24) is 19.5 Å². The highest BCUT2D eigenvalue weighted by Crippen LogP contribution is 2.52. The number of aromatic nitrogens is 4. The summed E-state index contributed by atoms with van der Waals surface area (Å²) in [6.07, 6.45) is 0.821. The summed E-state index contributed by atoms with van der Waals surface area (Å²) >= 11 is 0. The van der Waals surface area contributed by atoms with E-state index in [2.05, 4.69) is 86.0 Å². The molecule has 0 spiro atoms. The Labute approximate surface area is 249 Å². The van der Waals surface area contributed by atoms with Crippen molar-refractivity contribution in [3.05, 3.63) is 132 Å². The van der Waals surface area contributed by atoms with Crippen molar-refractivity contribution in [2.45, 2.75) is 32.6 Å². The molecule has 0 bridgehead atoms. The van der Waals surface area contributed by atoms with E-state index in [9.17, 15) is 0 Å². The molecule has 5 heteroatoms. The number of hydrogen-bond donors (Lipinski definition) is 0. The van der Waals surface area contributed by atoms with Gasteiger partial charge in [0.25, 0.3) is 0 Å². The molecule has 2 aromatic heterocycles. The summed E-state index contributed by atoms with van der Waals surface area (Å²) < 4.78 is 17.4. The zero-order valence-electron chi connectivity index (χ0n) is 24.3. The highest BCUT2D eigenvalue weighted by molar-refractivity contribution is 6.12. The second kappa shape index (κ2) is 9.43. The molecule has 1 aliphatic carbocycles. The Balaban J connectivity index is 1.52. The highest BCUT2D eigenvalue weighted by atomic mass is 19.1. The monoisotopic (exact) mass is 560 g/mol. The maximum Gasteiger partial charge on any atom is 0.238 e. The summed E-state index contributed by atoms with van der Waals surface area (Å²) in [4.78, 5) is 15.0. The van der Waals surface area contributed by atoms with E-state index in [1.165, 1.54) is 28.3 Å². The Hall–Kier alpha value is -5.16. The summed E-state index contributed by atoms with van der Waals surface area (Å²) in [5.74, 6) is 0.946. The molecule has 7 aromatic rings. The average molecular weight is 561 g/mol. The lowest BCUT2D eigenvalue weighted by Crippen LogP contribution is -2.17. The zero-order valence-corrected chi connectivity index (χ0v) is 24.3. The minimum absolute atomic E-state index is 0.253. The van der Waals surface area contributed by atoms with Crippen molar-refractivity contribution in [2.24, 2.45) is 0 Å². The van der Waals surface area contributed by atoms with Gasteiger partial charge in [0.05, 0.1) is 16.6 Å². The van der Waals surface area contributed by atoms with Gasteiger partial charge < -0.3 is 0 Å². The van der Waals surface area contributed by atoms with Gasteiger partial charge in [0.1, 0.15) is 5.82 Å². The van der Waals surface area contributed by atoms with E-state index < -0.39 is 0 Å². The molecule has 43 heavy (non-hydrogen) atoms. The average Bonchev–Trinajstić information content (AvgIpc) is 3.50. The maximum absolute atomic E-state index is 15.3. The van der Waals surface area contributed by atoms with E-state index in [0.29, 0.717) is 23.2 Å². The summed E-state index contributed by atoms with van der Waals surface area (Å²) in [7, 11) is 0. The second-order valence-electron chi connectivity index (χ2n) is 11.7. The first kappa shape index (κ1) is 25.5. The molecule has 5 aromatic carbocycles. The van der Waals surface area contributed by atoms with Crippen molar-refractivity contribution in [2.75, 3.05) is 0 Å². The van der Waals surface area contributed by atoms with Crippen LogP contribution < -0.4 is 0 Å². The van der Waals surface area contributed by atoms with Gasteiger partial charge >= 0.3 is 0 Å². The van der Waals surface area contributed by atoms with E-state index in [4.69, 9.17) is 15.0 Å². The minimum atomic E-state index is -0.367. The fourth-order valence-corrected chi connectivity index (χ4v) is 6.92. The molecule has 8 rings (SSSR count). The van der Waals surface area contributed by atoms with Crippen LogP contribution in [0.2, 0.25) is 0 Å². The number of aryl methyl sites for hydroxylation is 1. The predicted octanol–water partition coefficient (Wildman–Crippen LogP) is 9.31. The van der Waals surface area contributed by atoms with Gasteiger partial charge in [-0.25, -0.2) is 9.37 Å². The van der Waals surface area contributed by atoms with Gasteiger partial charge in [-0.3, -0.25) is 4.57 Å². The summed E-state index contributed by atoms with van der Waals surface area (Å²) in [5, 5.41) is 2.26. The fraction of sp³-hybridized carbons (Fsp3) is 0.132. The molecule has 0 N–H and O–H groups in total. The Morgan fingerprint density at radius 3 is 2.07 bits per heavy atom. The Bertz CT molecular complexity index is 2230. The van der Waals surface area contributed by atoms with Gasteiger partial charge in [-0.05, 0) is 52.4 Å². The fourth-order valence-electron chi connectivity index (χ4n) is 6.92. The SMILES string of the molecule is CCc1ccccc1-c1nc(-c2ccccc2F)nc(-n2c3ccccc3c3ccc4c(c32)C(C)(C)c2ccccc2-4)n1. The number of hydrogen-bond acceptors (Lipinski definition) is 3. The topological polar surface area (TPSA) is 43.6 Å². The van der Waals surface area contributed by atoms with Gasteiger partial charge in [-0.1, -0.05) is 112 Å². The normalized spacial score (nSPS) is 13.4. The van der Waals surface area contributed by atoms with Crippen molar-refractivity contribution in [1.29, 1.82) is 0 Å². The van der Waals surface area contributed by atoms with E-state index in [1.54, 1.807) is 12.1 Å². The first-order valence-electron chi connectivity index (χ1n) is 14.7. The number of para-hydroxylation sites is 1. The van der Waals surface area contributed by atoms with Crippen molar-refractivity contribution in [3.63, 3.8) is 0 Å². The predicted molar refractivity (Wildman–Crippen MR) is 172 cm³/mol. The van der Waals surface area contributed by atoms with Crippen LogP contribution in [0.5, 0.6) is 0 Å². The molecule has 0 amide bonds. The van der Waals surface area contributed by atoms with Gasteiger partial charge in [-0.2, -0.15) is 9.97 Å². The molecule has 0 saturated heterocycles. The van der Waals surface area contributed by atoms with Crippen LogP contribution >= 0.6 is 0 Å². The Morgan fingerprint density at radius 2 is 1.28 bits per heavy atom. The van der Waals surface area contributed by atoms with Crippen LogP contribution in [0.3, 0.4) is 0 Å². The highest BCUT2D eigenvalue weighted by Gasteiger charge is 2.38. The molecular weight excluding hydrogens is 531 g/mol.